The third-order valence-electron chi connectivity index (χ3n) is 2.13. The molecule has 0 spiro atoms. The Kier molecular flexibility index (Phi) is 4.50. The van der Waals surface area contributed by atoms with Crippen molar-refractivity contribution in [1.82, 2.24) is 0 Å². The molecule has 1 atom stereocenters. The van der Waals surface area contributed by atoms with Gasteiger partial charge in [0.1, 0.15) is 5.75 Å². The Labute approximate surface area is 101 Å². The topological polar surface area (TPSA) is 59.0 Å². The van der Waals surface area contributed by atoms with Crippen LogP contribution >= 0.6 is 0 Å². The molecular weight excluding hydrogens is 252 g/mol. The van der Waals surface area contributed by atoms with Crippen LogP contribution in [-0.4, -0.2) is 12.5 Å². The number of nitriles is 1. The summed E-state index contributed by atoms with van der Waals surface area (Å²) in [6, 6.07) is 6.19. The zero-order chi connectivity index (χ0) is 13.8. The van der Waals surface area contributed by atoms with Crippen molar-refractivity contribution in [3.05, 3.63) is 29.8 Å². The summed E-state index contributed by atoms with van der Waals surface area (Å²) in [6.45, 7) is 0. The van der Waals surface area contributed by atoms with Crippen LogP contribution < -0.4 is 10.5 Å². The smallest absolute Gasteiger partial charge is 0.428 e. The third-order valence-corrected chi connectivity index (χ3v) is 2.13. The molecule has 98 valence electrons. The van der Waals surface area contributed by atoms with E-state index >= 15 is 0 Å². The second kappa shape index (κ2) is 5.69. The molecular formula is C11H10F4N2O. The maximum atomic E-state index is 12.6. The molecule has 0 aliphatic rings. The quantitative estimate of drug-likeness (QED) is 0.830. The van der Waals surface area contributed by atoms with Gasteiger partial charge >= 0.3 is 12.5 Å². The van der Waals surface area contributed by atoms with E-state index in [1.807, 2.05) is 6.07 Å². The number of rotatable bonds is 5. The highest BCUT2D eigenvalue weighted by atomic mass is 19.3. The normalized spacial score (nSPS) is 13.2. The molecule has 0 saturated heterocycles. The highest BCUT2D eigenvalue weighted by Gasteiger charge is 2.43. The van der Waals surface area contributed by atoms with Crippen LogP contribution in [0, 0.1) is 11.3 Å². The van der Waals surface area contributed by atoms with Crippen molar-refractivity contribution >= 4 is 0 Å². The molecule has 7 heteroatoms. The molecule has 0 unspecified atom stereocenters. The van der Waals surface area contributed by atoms with E-state index < -0.39 is 24.3 Å². The van der Waals surface area contributed by atoms with Gasteiger partial charge in [0.05, 0.1) is 12.5 Å². The minimum absolute atomic E-state index is 0.0629. The van der Waals surface area contributed by atoms with Gasteiger partial charge in [-0.25, -0.2) is 0 Å². The maximum absolute atomic E-state index is 12.6. The van der Waals surface area contributed by atoms with Crippen molar-refractivity contribution in [2.24, 2.45) is 5.73 Å². The van der Waals surface area contributed by atoms with Crippen molar-refractivity contribution in [2.75, 3.05) is 0 Å². The second-order valence-corrected chi connectivity index (χ2v) is 3.50. The molecule has 1 rings (SSSR count). The average molecular weight is 262 g/mol. The summed E-state index contributed by atoms with van der Waals surface area (Å²) in [4.78, 5) is 0. The minimum atomic E-state index is -4.53. The van der Waals surface area contributed by atoms with Gasteiger partial charge in [0.25, 0.3) is 0 Å². The molecule has 0 amide bonds. The molecule has 0 bridgehead atoms. The number of ether oxygens (including phenoxy) is 1. The van der Waals surface area contributed by atoms with Crippen LogP contribution in [0.4, 0.5) is 17.6 Å². The molecule has 2 N–H and O–H groups in total. The summed E-state index contributed by atoms with van der Waals surface area (Å²) in [6.07, 6.45) is -8.37. The third kappa shape index (κ3) is 3.60. The van der Waals surface area contributed by atoms with Crippen molar-refractivity contribution in [2.45, 2.75) is 25.0 Å². The minimum Gasteiger partial charge on any atom is -0.428 e. The van der Waals surface area contributed by atoms with Crippen LogP contribution in [0.1, 0.15) is 18.0 Å². The van der Waals surface area contributed by atoms with Gasteiger partial charge in [-0.15, -0.1) is 0 Å². The lowest BCUT2D eigenvalue weighted by Gasteiger charge is -2.17. The van der Waals surface area contributed by atoms with Crippen molar-refractivity contribution in [3.63, 3.8) is 0 Å². The van der Waals surface area contributed by atoms with Crippen LogP contribution in [0.3, 0.4) is 0 Å². The van der Waals surface area contributed by atoms with E-state index in [-0.39, 0.29) is 6.42 Å². The molecule has 0 aromatic heterocycles. The van der Waals surface area contributed by atoms with E-state index in [2.05, 4.69) is 4.74 Å². The number of halogens is 4. The Morgan fingerprint density at radius 1 is 1.28 bits per heavy atom. The number of nitrogens with zero attached hydrogens (tertiary/aromatic N) is 1. The second-order valence-electron chi connectivity index (χ2n) is 3.50. The monoisotopic (exact) mass is 262 g/mol. The van der Waals surface area contributed by atoms with Crippen LogP contribution in [0.25, 0.3) is 0 Å². The first-order valence-electron chi connectivity index (χ1n) is 4.94. The van der Waals surface area contributed by atoms with Crippen LogP contribution in [0.15, 0.2) is 24.3 Å². The molecule has 0 heterocycles. The molecule has 0 saturated carbocycles. The average Bonchev–Trinajstić information content (AvgIpc) is 2.29. The first kappa shape index (κ1) is 14.3. The molecule has 3 nitrogen and oxygen atoms in total. The fraction of sp³-hybridized carbons (Fsp3) is 0.364. The number of alkyl halides is 4. The van der Waals surface area contributed by atoms with E-state index in [0.717, 1.165) is 12.1 Å². The summed E-state index contributed by atoms with van der Waals surface area (Å²) >= 11 is 0. The number of hydrogen-bond acceptors (Lipinski definition) is 3. The van der Waals surface area contributed by atoms with Gasteiger partial charge in [0.15, 0.2) is 0 Å². The molecule has 18 heavy (non-hydrogen) atoms. The lowest BCUT2D eigenvalue weighted by atomic mass is 10.1. The van der Waals surface area contributed by atoms with Crippen LogP contribution in [-0.2, 0) is 0 Å². The number of hydrogen-bond donors (Lipinski definition) is 1. The number of benzene rings is 1. The summed E-state index contributed by atoms with van der Waals surface area (Å²) in [5.74, 6) is -0.395. The van der Waals surface area contributed by atoms with Gasteiger partial charge in [0.2, 0.25) is 0 Å². The summed E-state index contributed by atoms with van der Waals surface area (Å²) in [5.41, 5.74) is 6.13. The van der Waals surface area contributed by atoms with Crippen LogP contribution in [0.5, 0.6) is 5.75 Å². The first-order chi connectivity index (χ1) is 8.36. The largest absolute Gasteiger partial charge is 0.461 e. The Morgan fingerprint density at radius 3 is 2.28 bits per heavy atom. The van der Waals surface area contributed by atoms with E-state index in [0.29, 0.717) is 5.56 Å². The van der Waals surface area contributed by atoms with Gasteiger partial charge in [-0.05, 0) is 17.7 Å². The summed E-state index contributed by atoms with van der Waals surface area (Å²) in [7, 11) is 0. The van der Waals surface area contributed by atoms with Crippen molar-refractivity contribution in [1.29, 1.82) is 5.26 Å². The predicted molar refractivity (Wildman–Crippen MR) is 55.2 cm³/mol. The standard InChI is InChI=1S/C11H10F4N2O/c12-10(13)11(14,15)18-8-3-1-7(2-4-8)9(17)5-6-16/h1-4,9-10H,5,17H2/t9-/m1/s1. The molecule has 0 aliphatic heterocycles. The summed E-state index contributed by atoms with van der Waals surface area (Å²) < 4.78 is 52.8. The molecule has 1 aromatic carbocycles. The van der Waals surface area contributed by atoms with E-state index in [4.69, 9.17) is 11.0 Å². The molecule has 0 radical (unpaired) electrons. The number of nitrogens with two attached hydrogens (primary N) is 1. The van der Waals surface area contributed by atoms with Gasteiger partial charge < -0.3 is 10.5 Å². The van der Waals surface area contributed by atoms with Gasteiger partial charge in [-0.2, -0.15) is 22.8 Å². The van der Waals surface area contributed by atoms with Crippen LogP contribution in [0.2, 0.25) is 0 Å². The molecule has 0 aliphatic carbocycles. The highest BCUT2D eigenvalue weighted by molar-refractivity contribution is 5.29. The fourth-order valence-electron chi connectivity index (χ4n) is 1.20. The lowest BCUT2D eigenvalue weighted by Crippen LogP contribution is -2.33. The summed E-state index contributed by atoms with van der Waals surface area (Å²) in [5, 5.41) is 8.43. The molecule has 1 aromatic rings. The predicted octanol–water partition coefficient (Wildman–Crippen LogP) is 2.84. The van der Waals surface area contributed by atoms with Gasteiger partial charge in [-0.3, -0.25) is 0 Å². The zero-order valence-electron chi connectivity index (χ0n) is 9.12. The Balaban J connectivity index is 2.75. The van der Waals surface area contributed by atoms with E-state index in [1.165, 1.54) is 12.1 Å². The van der Waals surface area contributed by atoms with E-state index in [1.54, 1.807) is 0 Å². The maximum Gasteiger partial charge on any atom is 0.461 e. The highest BCUT2D eigenvalue weighted by Crippen LogP contribution is 2.28. The fourth-order valence-corrected chi connectivity index (χ4v) is 1.20. The first-order valence-corrected chi connectivity index (χ1v) is 4.94. The zero-order valence-corrected chi connectivity index (χ0v) is 9.12. The Bertz CT molecular complexity index is 428. The SMILES string of the molecule is N#CC[C@@H](N)c1ccc(OC(F)(F)C(F)F)cc1. The van der Waals surface area contributed by atoms with Gasteiger partial charge in [0, 0.05) is 6.04 Å². The lowest BCUT2D eigenvalue weighted by molar-refractivity contribution is -0.253. The Morgan fingerprint density at radius 2 is 1.83 bits per heavy atom. The van der Waals surface area contributed by atoms with E-state index in [9.17, 15) is 17.6 Å². The van der Waals surface area contributed by atoms with Gasteiger partial charge in [-0.1, -0.05) is 12.1 Å². The van der Waals surface area contributed by atoms with Crippen molar-refractivity contribution < 1.29 is 22.3 Å². The Hall–Kier alpha value is -1.81. The molecule has 0 fully saturated rings. The van der Waals surface area contributed by atoms with Crippen molar-refractivity contribution in [3.8, 4) is 11.8 Å².